The number of likely N-dealkylation sites (N-methyl/N-ethyl adjacent to an activating group) is 1. The third-order valence-corrected chi connectivity index (χ3v) is 5.81. The Bertz CT molecular complexity index is 914. The molecule has 25 heavy (non-hydrogen) atoms. The molecule has 0 aliphatic carbocycles. The smallest absolute Gasteiger partial charge is 0.123 e. The van der Waals surface area contributed by atoms with Crippen LogP contribution in [-0.2, 0) is 19.4 Å². The molecule has 1 unspecified atom stereocenters. The number of rotatable bonds is 3. The van der Waals surface area contributed by atoms with Gasteiger partial charge in [0.25, 0.3) is 0 Å². The summed E-state index contributed by atoms with van der Waals surface area (Å²) in [7, 11) is 2.18. The van der Waals surface area contributed by atoms with Crippen molar-refractivity contribution in [1.29, 1.82) is 0 Å². The minimum Gasteiger partial charge on any atom is -0.343 e. The first-order valence-corrected chi connectivity index (χ1v) is 9.18. The van der Waals surface area contributed by atoms with E-state index in [-0.39, 0.29) is 5.82 Å². The average molecular weight is 357 g/mol. The summed E-state index contributed by atoms with van der Waals surface area (Å²) < 4.78 is 15.5. The molecular formula is C21H22ClFN2. The molecular weight excluding hydrogens is 335 g/mol. The lowest BCUT2D eigenvalue weighted by Crippen LogP contribution is -2.31. The minimum absolute atomic E-state index is 0.188. The van der Waals surface area contributed by atoms with Crippen LogP contribution >= 0.6 is 11.6 Å². The van der Waals surface area contributed by atoms with Gasteiger partial charge in [-0.15, -0.1) is 0 Å². The monoisotopic (exact) mass is 356 g/mol. The second-order valence-corrected chi connectivity index (χ2v) is 7.34. The lowest BCUT2D eigenvalue weighted by atomic mass is 9.97. The molecule has 0 bridgehead atoms. The maximum absolute atomic E-state index is 13.1. The molecule has 0 fully saturated rings. The number of aromatic nitrogens is 1. The average Bonchev–Trinajstić information content (AvgIpc) is 2.93. The van der Waals surface area contributed by atoms with Crippen LogP contribution < -0.4 is 0 Å². The van der Waals surface area contributed by atoms with Gasteiger partial charge in [-0.25, -0.2) is 4.39 Å². The number of para-hydroxylation sites is 1. The van der Waals surface area contributed by atoms with Gasteiger partial charge in [0.05, 0.1) is 10.5 Å². The molecule has 4 rings (SSSR count). The SMILES string of the molecule is CC1c2c(n(CCc3ccc(F)cc3)c3c(Cl)cccc23)CCN1C. The molecule has 3 aromatic rings. The number of benzene rings is 2. The predicted molar refractivity (Wildman–Crippen MR) is 102 cm³/mol. The summed E-state index contributed by atoms with van der Waals surface area (Å²) in [5.74, 6) is -0.188. The van der Waals surface area contributed by atoms with Crippen LogP contribution in [0.2, 0.25) is 5.02 Å². The zero-order valence-electron chi connectivity index (χ0n) is 14.6. The van der Waals surface area contributed by atoms with E-state index in [2.05, 4.69) is 29.5 Å². The van der Waals surface area contributed by atoms with Crippen LogP contribution in [0.15, 0.2) is 42.5 Å². The third-order valence-electron chi connectivity index (χ3n) is 5.50. The van der Waals surface area contributed by atoms with Crippen LogP contribution in [0.5, 0.6) is 0 Å². The van der Waals surface area contributed by atoms with Crippen LogP contribution in [0.3, 0.4) is 0 Å². The Morgan fingerprint density at radius 1 is 1.16 bits per heavy atom. The van der Waals surface area contributed by atoms with Gasteiger partial charge in [-0.1, -0.05) is 35.9 Å². The first-order valence-electron chi connectivity index (χ1n) is 8.80. The summed E-state index contributed by atoms with van der Waals surface area (Å²) in [6.07, 6.45) is 1.90. The first-order chi connectivity index (χ1) is 12.1. The molecule has 1 aliphatic heterocycles. The van der Waals surface area contributed by atoms with Crippen molar-refractivity contribution in [3.63, 3.8) is 0 Å². The second-order valence-electron chi connectivity index (χ2n) is 6.93. The van der Waals surface area contributed by atoms with Gasteiger partial charge in [0.15, 0.2) is 0 Å². The second kappa shape index (κ2) is 6.47. The van der Waals surface area contributed by atoms with E-state index in [1.54, 1.807) is 0 Å². The highest BCUT2D eigenvalue weighted by molar-refractivity contribution is 6.35. The Hall–Kier alpha value is -1.84. The van der Waals surface area contributed by atoms with Crippen molar-refractivity contribution in [3.05, 3.63) is 70.1 Å². The molecule has 0 saturated heterocycles. The van der Waals surface area contributed by atoms with Gasteiger partial charge in [0, 0.05) is 36.6 Å². The molecule has 4 heteroatoms. The summed E-state index contributed by atoms with van der Waals surface area (Å²) in [5.41, 5.74) is 5.09. The van der Waals surface area contributed by atoms with E-state index in [0.717, 1.165) is 42.0 Å². The zero-order valence-corrected chi connectivity index (χ0v) is 15.4. The molecule has 0 amide bonds. The number of aryl methyl sites for hydroxylation is 2. The van der Waals surface area contributed by atoms with Crippen molar-refractivity contribution in [2.45, 2.75) is 32.4 Å². The fourth-order valence-corrected chi connectivity index (χ4v) is 4.29. The number of hydrogen-bond donors (Lipinski definition) is 0. The first kappa shape index (κ1) is 16.6. The maximum Gasteiger partial charge on any atom is 0.123 e. The van der Waals surface area contributed by atoms with Crippen LogP contribution in [-0.4, -0.2) is 23.1 Å². The Morgan fingerprint density at radius 3 is 2.68 bits per heavy atom. The van der Waals surface area contributed by atoms with Gasteiger partial charge in [-0.05, 0) is 49.7 Å². The maximum atomic E-state index is 13.1. The highest BCUT2D eigenvalue weighted by atomic mass is 35.5. The van der Waals surface area contributed by atoms with Gasteiger partial charge in [-0.2, -0.15) is 0 Å². The summed E-state index contributed by atoms with van der Waals surface area (Å²) in [5, 5.41) is 2.07. The summed E-state index contributed by atoms with van der Waals surface area (Å²) in [4.78, 5) is 2.40. The summed E-state index contributed by atoms with van der Waals surface area (Å²) in [6.45, 7) is 4.18. The molecule has 1 aliphatic rings. The van der Waals surface area contributed by atoms with Crippen molar-refractivity contribution >= 4 is 22.5 Å². The molecule has 2 heterocycles. The quantitative estimate of drug-likeness (QED) is 0.624. The summed E-state index contributed by atoms with van der Waals surface area (Å²) in [6, 6.07) is 13.4. The Kier molecular flexibility index (Phi) is 4.30. The molecule has 2 aromatic carbocycles. The summed E-state index contributed by atoms with van der Waals surface area (Å²) >= 11 is 6.58. The highest BCUT2D eigenvalue weighted by Crippen LogP contribution is 2.39. The van der Waals surface area contributed by atoms with E-state index in [0.29, 0.717) is 6.04 Å². The molecule has 0 N–H and O–H groups in total. The Balaban J connectivity index is 1.79. The minimum atomic E-state index is -0.188. The number of halogens is 2. The topological polar surface area (TPSA) is 8.17 Å². The largest absolute Gasteiger partial charge is 0.343 e. The highest BCUT2D eigenvalue weighted by Gasteiger charge is 2.28. The molecule has 1 aromatic heterocycles. The van der Waals surface area contributed by atoms with E-state index in [1.165, 1.54) is 28.8 Å². The molecule has 0 saturated carbocycles. The van der Waals surface area contributed by atoms with E-state index >= 15 is 0 Å². The van der Waals surface area contributed by atoms with E-state index in [1.807, 2.05) is 24.3 Å². The standard InChI is InChI=1S/C21H22ClFN2/c1-14-20-17-4-3-5-18(22)21(17)25(19(20)11-12-24(14)2)13-10-15-6-8-16(23)9-7-15/h3-9,14H,10-13H2,1-2H3. The predicted octanol–water partition coefficient (Wildman–Crippen LogP) is 5.23. The van der Waals surface area contributed by atoms with Gasteiger partial charge >= 0.3 is 0 Å². The number of hydrogen-bond acceptors (Lipinski definition) is 1. The van der Waals surface area contributed by atoms with Crippen molar-refractivity contribution in [2.24, 2.45) is 0 Å². The van der Waals surface area contributed by atoms with E-state index < -0.39 is 0 Å². The molecule has 0 spiro atoms. The molecule has 0 radical (unpaired) electrons. The Labute approximate surface area is 152 Å². The molecule has 130 valence electrons. The normalized spacial score (nSPS) is 17.8. The van der Waals surface area contributed by atoms with Crippen molar-refractivity contribution in [1.82, 2.24) is 9.47 Å². The van der Waals surface area contributed by atoms with Crippen molar-refractivity contribution < 1.29 is 4.39 Å². The van der Waals surface area contributed by atoms with Gasteiger partial charge in [0.2, 0.25) is 0 Å². The van der Waals surface area contributed by atoms with Gasteiger partial charge in [0.1, 0.15) is 5.82 Å². The molecule has 1 atom stereocenters. The van der Waals surface area contributed by atoms with Crippen LogP contribution in [0.4, 0.5) is 4.39 Å². The van der Waals surface area contributed by atoms with Crippen LogP contribution in [0.25, 0.3) is 10.9 Å². The van der Waals surface area contributed by atoms with E-state index in [4.69, 9.17) is 11.6 Å². The van der Waals surface area contributed by atoms with Crippen molar-refractivity contribution in [2.75, 3.05) is 13.6 Å². The van der Waals surface area contributed by atoms with Crippen molar-refractivity contribution in [3.8, 4) is 0 Å². The number of nitrogens with zero attached hydrogens (tertiary/aromatic N) is 2. The van der Waals surface area contributed by atoms with Crippen LogP contribution in [0.1, 0.15) is 29.8 Å². The lowest BCUT2D eigenvalue weighted by Gasteiger charge is -2.31. The van der Waals surface area contributed by atoms with Gasteiger partial charge in [-0.3, -0.25) is 4.90 Å². The third kappa shape index (κ3) is 2.86. The lowest BCUT2D eigenvalue weighted by molar-refractivity contribution is 0.245. The van der Waals surface area contributed by atoms with Gasteiger partial charge < -0.3 is 4.57 Å². The number of fused-ring (bicyclic) bond motifs is 3. The fraction of sp³-hybridized carbons (Fsp3) is 0.333. The zero-order chi connectivity index (χ0) is 17.6. The Morgan fingerprint density at radius 2 is 1.92 bits per heavy atom. The fourth-order valence-electron chi connectivity index (χ4n) is 4.01. The van der Waals surface area contributed by atoms with Crippen LogP contribution in [0, 0.1) is 5.82 Å². The molecule has 2 nitrogen and oxygen atoms in total. The van der Waals surface area contributed by atoms with E-state index in [9.17, 15) is 4.39 Å².